The van der Waals surface area contributed by atoms with E-state index in [2.05, 4.69) is 10.2 Å². The second-order valence-electron chi connectivity index (χ2n) is 6.15. The maximum Gasteiger partial charge on any atom is 0.327 e. The van der Waals surface area contributed by atoms with Crippen LogP contribution >= 0.6 is 0 Å². The van der Waals surface area contributed by atoms with Gasteiger partial charge in [0.05, 0.1) is 19.3 Å². The molecule has 5 nitrogen and oxygen atoms in total. The molecule has 0 radical (unpaired) electrons. The van der Waals surface area contributed by atoms with Gasteiger partial charge in [-0.25, -0.2) is 4.79 Å². The molecule has 21 heavy (non-hydrogen) atoms. The molecule has 0 aromatic carbocycles. The minimum Gasteiger partial charge on any atom is -0.465 e. The topological polar surface area (TPSA) is 50.8 Å². The van der Waals surface area contributed by atoms with E-state index in [1.165, 1.54) is 0 Å². The number of nitrogens with zero attached hydrogens (tertiary/aromatic N) is 1. The Hall–Kier alpha value is -0.650. The summed E-state index contributed by atoms with van der Waals surface area (Å²) in [6.07, 6.45) is 2.44. The van der Waals surface area contributed by atoms with Crippen molar-refractivity contribution >= 4 is 5.97 Å². The first kappa shape index (κ1) is 18.4. The monoisotopic (exact) mass is 300 g/mol. The van der Waals surface area contributed by atoms with Crippen LogP contribution in [0.1, 0.15) is 40.5 Å². The SMILES string of the molecule is CCNC(CN(C)CCOC(C)C)(C(=O)OCC)C1CC1. The van der Waals surface area contributed by atoms with Crippen molar-refractivity contribution in [3.05, 3.63) is 0 Å². The number of hydrogen-bond acceptors (Lipinski definition) is 5. The fraction of sp³-hybridized carbons (Fsp3) is 0.938. The Morgan fingerprint density at radius 1 is 1.38 bits per heavy atom. The van der Waals surface area contributed by atoms with Crippen LogP contribution in [0, 0.1) is 5.92 Å². The second kappa shape index (κ2) is 8.71. The molecule has 5 heteroatoms. The highest BCUT2D eigenvalue weighted by molar-refractivity contribution is 5.82. The molecule has 1 unspecified atom stereocenters. The molecule has 1 atom stereocenters. The number of carbonyl (C=O) groups excluding carboxylic acids is 1. The Balaban J connectivity index is 2.65. The number of rotatable bonds is 11. The van der Waals surface area contributed by atoms with E-state index in [4.69, 9.17) is 9.47 Å². The Labute approximate surface area is 129 Å². The van der Waals surface area contributed by atoms with Gasteiger partial charge < -0.3 is 19.7 Å². The number of ether oxygens (including phenoxy) is 2. The van der Waals surface area contributed by atoms with Crippen LogP contribution in [-0.4, -0.2) is 62.4 Å². The summed E-state index contributed by atoms with van der Waals surface area (Å²) in [6.45, 7) is 11.3. The van der Waals surface area contributed by atoms with E-state index in [9.17, 15) is 4.79 Å². The molecule has 1 rings (SSSR count). The van der Waals surface area contributed by atoms with Crippen molar-refractivity contribution in [3.8, 4) is 0 Å². The second-order valence-corrected chi connectivity index (χ2v) is 6.15. The molecule has 1 aliphatic carbocycles. The van der Waals surface area contributed by atoms with Gasteiger partial charge >= 0.3 is 5.97 Å². The zero-order valence-electron chi connectivity index (χ0n) is 14.3. The summed E-state index contributed by atoms with van der Waals surface area (Å²) in [7, 11) is 2.04. The van der Waals surface area contributed by atoms with Crippen LogP contribution in [0.25, 0.3) is 0 Å². The van der Waals surface area contributed by atoms with Crippen molar-refractivity contribution in [2.75, 3.05) is 39.9 Å². The third-order valence-corrected chi connectivity index (χ3v) is 3.85. The van der Waals surface area contributed by atoms with E-state index in [1.54, 1.807) is 0 Å². The summed E-state index contributed by atoms with van der Waals surface area (Å²) < 4.78 is 10.9. The Morgan fingerprint density at radius 2 is 2.05 bits per heavy atom. The fourth-order valence-corrected chi connectivity index (χ4v) is 2.73. The average molecular weight is 300 g/mol. The highest BCUT2D eigenvalue weighted by atomic mass is 16.5. The summed E-state index contributed by atoms with van der Waals surface area (Å²) in [4.78, 5) is 14.7. The molecule has 0 amide bonds. The van der Waals surface area contributed by atoms with E-state index < -0.39 is 5.54 Å². The van der Waals surface area contributed by atoms with Gasteiger partial charge in [0.2, 0.25) is 0 Å². The number of nitrogens with one attached hydrogen (secondary N) is 1. The molecular weight excluding hydrogens is 268 g/mol. The molecule has 124 valence electrons. The maximum atomic E-state index is 12.5. The van der Waals surface area contributed by atoms with Crippen molar-refractivity contribution in [1.29, 1.82) is 0 Å². The predicted octanol–water partition coefficient (Wildman–Crippen LogP) is 1.66. The minimum absolute atomic E-state index is 0.106. The quantitative estimate of drug-likeness (QED) is 0.588. The van der Waals surface area contributed by atoms with Gasteiger partial charge in [0.25, 0.3) is 0 Å². The zero-order chi connectivity index (χ0) is 15.9. The van der Waals surface area contributed by atoms with Crippen LogP contribution in [-0.2, 0) is 14.3 Å². The Bertz CT molecular complexity index is 319. The molecular formula is C16H32N2O3. The summed E-state index contributed by atoms with van der Waals surface area (Å²) >= 11 is 0. The minimum atomic E-state index is -0.558. The van der Waals surface area contributed by atoms with E-state index in [0.29, 0.717) is 25.7 Å². The van der Waals surface area contributed by atoms with Crippen molar-refractivity contribution in [3.63, 3.8) is 0 Å². The standard InChI is InChI=1S/C16H32N2O3/c1-6-17-16(14-8-9-14,15(19)20-7-2)12-18(5)10-11-21-13(3)4/h13-14,17H,6-12H2,1-5H3. The molecule has 0 aromatic heterocycles. The maximum absolute atomic E-state index is 12.5. The normalized spacial score (nSPS) is 18.0. The van der Waals surface area contributed by atoms with Crippen LogP contribution in [0.2, 0.25) is 0 Å². The molecule has 1 N–H and O–H groups in total. The van der Waals surface area contributed by atoms with Gasteiger partial charge in [0.1, 0.15) is 5.54 Å². The largest absolute Gasteiger partial charge is 0.465 e. The first-order chi connectivity index (χ1) is 9.96. The Kier molecular flexibility index (Phi) is 7.63. The van der Waals surface area contributed by atoms with Crippen molar-refractivity contribution in [2.24, 2.45) is 5.92 Å². The fourth-order valence-electron chi connectivity index (χ4n) is 2.73. The third-order valence-electron chi connectivity index (χ3n) is 3.85. The average Bonchev–Trinajstić information content (AvgIpc) is 3.22. The van der Waals surface area contributed by atoms with E-state index in [-0.39, 0.29) is 12.1 Å². The van der Waals surface area contributed by atoms with Gasteiger partial charge in [0.15, 0.2) is 0 Å². The smallest absolute Gasteiger partial charge is 0.327 e. The predicted molar refractivity (Wildman–Crippen MR) is 84.3 cm³/mol. The highest BCUT2D eigenvalue weighted by Crippen LogP contribution is 2.41. The number of likely N-dealkylation sites (N-methyl/N-ethyl adjacent to an activating group) is 2. The molecule has 0 aliphatic heterocycles. The van der Waals surface area contributed by atoms with E-state index >= 15 is 0 Å². The zero-order valence-corrected chi connectivity index (χ0v) is 14.3. The van der Waals surface area contributed by atoms with E-state index in [0.717, 1.165) is 25.9 Å². The summed E-state index contributed by atoms with van der Waals surface area (Å²) in [5, 5.41) is 3.42. The molecule has 0 heterocycles. The lowest BCUT2D eigenvalue weighted by Crippen LogP contribution is -2.61. The van der Waals surface area contributed by atoms with Crippen LogP contribution in [0.3, 0.4) is 0 Å². The van der Waals surface area contributed by atoms with Gasteiger partial charge in [-0.05, 0) is 53.1 Å². The summed E-state index contributed by atoms with van der Waals surface area (Å²) in [5.74, 6) is 0.288. The van der Waals surface area contributed by atoms with Crippen molar-refractivity contribution < 1.29 is 14.3 Å². The van der Waals surface area contributed by atoms with Crippen molar-refractivity contribution in [2.45, 2.75) is 52.2 Å². The van der Waals surface area contributed by atoms with Gasteiger partial charge in [-0.3, -0.25) is 0 Å². The lowest BCUT2D eigenvalue weighted by atomic mass is 9.92. The van der Waals surface area contributed by atoms with Crippen LogP contribution in [0.5, 0.6) is 0 Å². The van der Waals surface area contributed by atoms with E-state index in [1.807, 2.05) is 34.7 Å². The summed E-state index contributed by atoms with van der Waals surface area (Å²) in [5.41, 5.74) is -0.558. The lowest BCUT2D eigenvalue weighted by molar-refractivity contribution is -0.153. The first-order valence-electron chi connectivity index (χ1n) is 8.18. The molecule has 1 saturated carbocycles. The third kappa shape index (κ3) is 5.57. The number of hydrogen-bond donors (Lipinski definition) is 1. The molecule has 0 saturated heterocycles. The molecule has 1 aliphatic rings. The molecule has 0 spiro atoms. The van der Waals surface area contributed by atoms with Gasteiger partial charge in [-0.15, -0.1) is 0 Å². The number of carbonyl (C=O) groups is 1. The highest BCUT2D eigenvalue weighted by Gasteiger charge is 2.52. The molecule has 0 aromatic rings. The van der Waals surface area contributed by atoms with Gasteiger partial charge in [-0.2, -0.15) is 0 Å². The summed E-state index contributed by atoms with van der Waals surface area (Å²) in [6, 6.07) is 0. The number of esters is 1. The van der Waals surface area contributed by atoms with Crippen LogP contribution in [0.15, 0.2) is 0 Å². The van der Waals surface area contributed by atoms with Crippen LogP contribution in [0.4, 0.5) is 0 Å². The Morgan fingerprint density at radius 3 is 2.52 bits per heavy atom. The van der Waals surface area contributed by atoms with Crippen LogP contribution < -0.4 is 5.32 Å². The van der Waals surface area contributed by atoms with Crippen molar-refractivity contribution in [1.82, 2.24) is 10.2 Å². The first-order valence-corrected chi connectivity index (χ1v) is 8.18. The molecule has 1 fully saturated rings. The van der Waals surface area contributed by atoms with Gasteiger partial charge in [-0.1, -0.05) is 6.92 Å². The van der Waals surface area contributed by atoms with Gasteiger partial charge in [0, 0.05) is 13.1 Å². The molecule has 0 bridgehead atoms. The lowest BCUT2D eigenvalue weighted by Gasteiger charge is -2.36.